The second kappa shape index (κ2) is 9.18. The summed E-state index contributed by atoms with van der Waals surface area (Å²) in [4.78, 5) is 11.7. The minimum Gasteiger partial charge on any atom is -0.497 e. The molecule has 0 amide bonds. The number of aromatic nitrogens is 1. The molecule has 0 saturated carbocycles. The number of ether oxygens (including phenoxy) is 2. The SMILES string of the molecule is COc1ccc(-c2ccc3c(c2)c(C=O)cn3CCc2ccccc2OCBr)cc1. The van der Waals surface area contributed by atoms with Crippen molar-refractivity contribution < 1.29 is 14.3 Å². The van der Waals surface area contributed by atoms with Gasteiger partial charge in [-0.25, -0.2) is 0 Å². The van der Waals surface area contributed by atoms with Crippen LogP contribution >= 0.6 is 15.9 Å². The van der Waals surface area contributed by atoms with E-state index in [1.165, 1.54) is 0 Å². The summed E-state index contributed by atoms with van der Waals surface area (Å²) in [5.74, 6) is 1.70. The van der Waals surface area contributed by atoms with E-state index in [0.29, 0.717) is 11.1 Å². The molecule has 0 N–H and O–H groups in total. The third kappa shape index (κ3) is 4.12. The lowest BCUT2D eigenvalue weighted by Gasteiger charge is -2.11. The number of para-hydroxylation sites is 1. The molecule has 4 aromatic rings. The average Bonchev–Trinajstić information content (AvgIpc) is 3.16. The number of carbonyl (C=O) groups is 1. The number of aldehydes is 1. The molecule has 1 heterocycles. The monoisotopic (exact) mass is 463 g/mol. The Bertz CT molecular complexity index is 1160. The molecule has 0 aliphatic rings. The highest BCUT2D eigenvalue weighted by Gasteiger charge is 2.11. The molecule has 0 atom stereocenters. The standard InChI is InChI=1S/C25H22BrNO3/c1-29-22-9-6-18(7-10-22)20-8-11-24-23(14-20)21(16-28)15-27(24)13-12-19-4-2-3-5-25(19)30-17-26/h2-11,14-16H,12-13,17H2,1H3. The van der Waals surface area contributed by atoms with Crippen molar-refractivity contribution >= 4 is 33.1 Å². The largest absolute Gasteiger partial charge is 0.497 e. The molecule has 5 heteroatoms. The number of rotatable bonds is 8. The first-order valence-corrected chi connectivity index (χ1v) is 10.8. The van der Waals surface area contributed by atoms with Gasteiger partial charge < -0.3 is 14.0 Å². The molecule has 4 nitrogen and oxygen atoms in total. The van der Waals surface area contributed by atoms with Crippen LogP contribution in [0.15, 0.2) is 72.9 Å². The Labute approximate surface area is 184 Å². The Kier molecular flexibility index (Phi) is 6.19. The summed E-state index contributed by atoms with van der Waals surface area (Å²) in [6.45, 7) is 0.759. The van der Waals surface area contributed by atoms with Gasteiger partial charge in [-0.15, -0.1) is 0 Å². The number of benzene rings is 3. The van der Waals surface area contributed by atoms with Gasteiger partial charge in [0.2, 0.25) is 0 Å². The van der Waals surface area contributed by atoms with E-state index in [-0.39, 0.29) is 0 Å². The molecule has 30 heavy (non-hydrogen) atoms. The van der Waals surface area contributed by atoms with Crippen molar-refractivity contribution in [1.82, 2.24) is 4.57 Å². The van der Waals surface area contributed by atoms with Gasteiger partial charge in [-0.3, -0.25) is 4.79 Å². The maximum Gasteiger partial charge on any atom is 0.152 e. The quantitative estimate of drug-likeness (QED) is 0.234. The van der Waals surface area contributed by atoms with Crippen molar-refractivity contribution in [2.75, 3.05) is 12.6 Å². The van der Waals surface area contributed by atoms with Gasteiger partial charge in [-0.2, -0.15) is 0 Å². The normalized spacial score (nSPS) is 10.9. The van der Waals surface area contributed by atoms with Crippen LogP contribution in [0.3, 0.4) is 0 Å². The molecule has 0 unspecified atom stereocenters. The Morgan fingerprint density at radius 2 is 1.77 bits per heavy atom. The lowest BCUT2D eigenvalue weighted by Crippen LogP contribution is -2.02. The van der Waals surface area contributed by atoms with Crippen LogP contribution in [0.4, 0.5) is 0 Å². The number of halogens is 1. The van der Waals surface area contributed by atoms with Crippen LogP contribution in [0.2, 0.25) is 0 Å². The van der Waals surface area contributed by atoms with Crippen molar-refractivity contribution in [1.29, 1.82) is 0 Å². The maximum atomic E-state index is 11.7. The Morgan fingerprint density at radius 3 is 2.50 bits per heavy atom. The number of hydrogen-bond acceptors (Lipinski definition) is 3. The Balaban J connectivity index is 1.64. The Hall–Kier alpha value is -3.05. The van der Waals surface area contributed by atoms with Crippen LogP contribution < -0.4 is 9.47 Å². The van der Waals surface area contributed by atoms with Crippen molar-refractivity contribution in [2.24, 2.45) is 0 Å². The van der Waals surface area contributed by atoms with E-state index in [1.807, 2.05) is 48.7 Å². The smallest absolute Gasteiger partial charge is 0.152 e. The van der Waals surface area contributed by atoms with E-state index < -0.39 is 0 Å². The zero-order valence-electron chi connectivity index (χ0n) is 16.7. The molecule has 0 aliphatic carbocycles. The van der Waals surface area contributed by atoms with Gasteiger partial charge in [0, 0.05) is 29.2 Å². The van der Waals surface area contributed by atoms with Crippen molar-refractivity contribution in [3.8, 4) is 22.6 Å². The van der Waals surface area contributed by atoms with Gasteiger partial charge >= 0.3 is 0 Å². The summed E-state index contributed by atoms with van der Waals surface area (Å²) >= 11 is 3.32. The van der Waals surface area contributed by atoms with E-state index >= 15 is 0 Å². The van der Waals surface area contributed by atoms with Crippen molar-refractivity contribution in [3.05, 3.63) is 84.1 Å². The predicted molar refractivity (Wildman–Crippen MR) is 124 cm³/mol. The van der Waals surface area contributed by atoms with Crippen molar-refractivity contribution in [3.63, 3.8) is 0 Å². The summed E-state index contributed by atoms with van der Waals surface area (Å²) < 4.78 is 13.0. The van der Waals surface area contributed by atoms with Crippen LogP contribution in [-0.2, 0) is 13.0 Å². The summed E-state index contributed by atoms with van der Waals surface area (Å²) in [6, 6.07) is 22.2. The maximum absolute atomic E-state index is 11.7. The van der Waals surface area contributed by atoms with Gasteiger partial charge in [0.1, 0.15) is 17.0 Å². The zero-order valence-corrected chi connectivity index (χ0v) is 18.3. The number of nitrogens with zero attached hydrogens (tertiary/aromatic N) is 1. The minimum absolute atomic E-state index is 0.458. The van der Waals surface area contributed by atoms with Crippen LogP contribution in [0.25, 0.3) is 22.0 Å². The van der Waals surface area contributed by atoms with Crippen LogP contribution in [0.5, 0.6) is 11.5 Å². The number of alkyl halides is 1. The second-order valence-corrected chi connectivity index (χ2v) is 7.43. The molecule has 0 radical (unpaired) electrons. The van der Waals surface area contributed by atoms with Crippen LogP contribution in [0.1, 0.15) is 15.9 Å². The highest BCUT2D eigenvalue weighted by Crippen LogP contribution is 2.29. The number of methoxy groups -OCH3 is 1. The first-order chi connectivity index (χ1) is 14.7. The average molecular weight is 464 g/mol. The molecular formula is C25H22BrNO3. The van der Waals surface area contributed by atoms with E-state index in [4.69, 9.17) is 9.47 Å². The van der Waals surface area contributed by atoms with Crippen LogP contribution in [0, 0.1) is 0 Å². The van der Waals surface area contributed by atoms with E-state index in [2.05, 4.69) is 44.8 Å². The summed E-state index contributed by atoms with van der Waals surface area (Å²) in [5.41, 5.74) is 5.50. The van der Waals surface area contributed by atoms with Gasteiger partial charge in [0.15, 0.2) is 6.29 Å². The predicted octanol–water partition coefficient (Wildman–Crippen LogP) is 6.10. The fourth-order valence-electron chi connectivity index (χ4n) is 3.72. The van der Waals surface area contributed by atoms with Crippen LogP contribution in [-0.4, -0.2) is 23.5 Å². The molecule has 152 valence electrons. The van der Waals surface area contributed by atoms with Gasteiger partial charge in [0.05, 0.1) is 7.11 Å². The van der Waals surface area contributed by atoms with E-state index in [9.17, 15) is 4.79 Å². The topological polar surface area (TPSA) is 40.5 Å². The van der Waals surface area contributed by atoms with Gasteiger partial charge in [-0.1, -0.05) is 36.4 Å². The number of aryl methyl sites for hydroxylation is 2. The number of fused-ring (bicyclic) bond motifs is 1. The summed E-state index contributed by atoms with van der Waals surface area (Å²) in [6.07, 6.45) is 3.67. The number of carbonyl (C=O) groups excluding carboxylic acids is 1. The number of hydrogen-bond donors (Lipinski definition) is 0. The second-order valence-electron chi connectivity index (χ2n) is 6.97. The summed E-state index contributed by atoms with van der Waals surface area (Å²) in [5, 5.41) is 0.961. The molecule has 0 fully saturated rings. The highest BCUT2D eigenvalue weighted by molar-refractivity contribution is 9.09. The van der Waals surface area contributed by atoms with E-state index in [0.717, 1.165) is 58.3 Å². The summed E-state index contributed by atoms with van der Waals surface area (Å²) in [7, 11) is 1.66. The fourth-order valence-corrected chi connectivity index (χ4v) is 3.96. The Morgan fingerprint density at radius 1 is 1.00 bits per heavy atom. The molecule has 0 spiro atoms. The first-order valence-electron chi connectivity index (χ1n) is 9.72. The lowest BCUT2D eigenvalue weighted by molar-refractivity contribution is 0.112. The lowest BCUT2D eigenvalue weighted by atomic mass is 10.0. The highest BCUT2D eigenvalue weighted by atomic mass is 79.9. The third-order valence-corrected chi connectivity index (χ3v) is 5.50. The van der Waals surface area contributed by atoms with E-state index in [1.54, 1.807) is 7.11 Å². The molecule has 0 bridgehead atoms. The van der Waals surface area contributed by atoms with Gasteiger partial charge in [-0.05, 0) is 69.4 Å². The molecule has 3 aromatic carbocycles. The fraction of sp³-hybridized carbons (Fsp3) is 0.160. The molecule has 1 aromatic heterocycles. The molecular weight excluding hydrogens is 442 g/mol. The zero-order chi connectivity index (χ0) is 20.9. The minimum atomic E-state index is 0.458. The molecule has 0 saturated heterocycles. The van der Waals surface area contributed by atoms with Crippen molar-refractivity contribution in [2.45, 2.75) is 13.0 Å². The third-order valence-electron chi connectivity index (χ3n) is 5.27. The molecule has 4 rings (SSSR count). The van der Waals surface area contributed by atoms with Gasteiger partial charge in [0.25, 0.3) is 0 Å². The first kappa shape index (κ1) is 20.2. The molecule has 0 aliphatic heterocycles.